The molecule has 12 heavy (non-hydrogen) atoms. The molecule has 0 amide bonds. The lowest BCUT2D eigenvalue weighted by atomic mass is 10.3. The molecule has 0 radical (unpaired) electrons. The van der Waals surface area contributed by atoms with E-state index in [1.165, 1.54) is 0 Å². The maximum atomic E-state index is 5.61. The van der Waals surface area contributed by atoms with E-state index in [0.717, 1.165) is 5.76 Å². The van der Waals surface area contributed by atoms with Crippen molar-refractivity contribution in [3.63, 3.8) is 0 Å². The Labute approximate surface area is 68.6 Å². The van der Waals surface area contributed by atoms with Gasteiger partial charge in [-0.2, -0.15) is 5.10 Å². The number of nitrogens with two attached hydrogens (primary N) is 1. The summed E-state index contributed by atoms with van der Waals surface area (Å²) in [6.45, 7) is 1.82. The Kier molecular flexibility index (Phi) is 1.36. The van der Waals surface area contributed by atoms with Crippen LogP contribution in [0, 0.1) is 6.92 Å². The van der Waals surface area contributed by atoms with E-state index in [1.807, 2.05) is 6.92 Å². The number of aryl methyl sites for hydroxylation is 1. The highest BCUT2D eigenvalue weighted by Crippen LogP contribution is 2.21. The van der Waals surface area contributed by atoms with Gasteiger partial charge in [0.05, 0.1) is 5.69 Å². The summed E-state index contributed by atoms with van der Waals surface area (Å²) in [7, 11) is 0. The minimum atomic E-state index is 0.573. The first-order valence-corrected chi connectivity index (χ1v) is 3.50. The van der Waals surface area contributed by atoms with Gasteiger partial charge in [0.15, 0.2) is 0 Å². The predicted octanol–water partition coefficient (Wildman–Crippen LogP) is 0.955. The van der Waals surface area contributed by atoms with E-state index in [1.54, 1.807) is 12.3 Å². The second kappa shape index (κ2) is 2.37. The Morgan fingerprint density at radius 1 is 1.58 bits per heavy atom. The van der Waals surface area contributed by atoms with Gasteiger partial charge in [0, 0.05) is 12.3 Å². The molecule has 62 valence electrons. The summed E-state index contributed by atoms with van der Waals surface area (Å²) in [5, 5.41) is 10.4. The van der Waals surface area contributed by atoms with Gasteiger partial charge < -0.3 is 10.3 Å². The van der Waals surface area contributed by atoms with Crippen LogP contribution >= 0.6 is 0 Å². The predicted molar refractivity (Wildman–Crippen MR) is 43.2 cm³/mol. The molecular formula is C7H8N4O. The van der Waals surface area contributed by atoms with Crippen molar-refractivity contribution in [2.75, 3.05) is 5.73 Å². The molecule has 0 saturated carbocycles. The van der Waals surface area contributed by atoms with E-state index in [2.05, 4.69) is 15.4 Å². The molecule has 5 nitrogen and oxygen atoms in total. The molecule has 0 bridgehead atoms. The molecule has 0 aliphatic heterocycles. The van der Waals surface area contributed by atoms with Crippen molar-refractivity contribution in [1.82, 2.24) is 15.4 Å². The fraction of sp³-hybridized carbons (Fsp3) is 0.143. The third-order valence-corrected chi connectivity index (χ3v) is 1.54. The number of rotatable bonds is 1. The Morgan fingerprint density at radius 2 is 2.42 bits per heavy atom. The maximum Gasteiger partial charge on any atom is 0.137 e. The molecule has 0 saturated heterocycles. The average molecular weight is 164 g/mol. The number of nitrogen functional groups attached to an aromatic ring is 1. The molecule has 0 spiro atoms. The van der Waals surface area contributed by atoms with Gasteiger partial charge in [0.25, 0.3) is 0 Å². The summed E-state index contributed by atoms with van der Waals surface area (Å²) in [4.78, 5) is 0. The highest BCUT2D eigenvalue weighted by molar-refractivity contribution is 5.68. The summed E-state index contributed by atoms with van der Waals surface area (Å²) < 4.78 is 4.88. The highest BCUT2D eigenvalue weighted by atomic mass is 16.5. The van der Waals surface area contributed by atoms with E-state index < -0.39 is 0 Å². The van der Waals surface area contributed by atoms with Crippen LogP contribution in [0.5, 0.6) is 0 Å². The van der Waals surface area contributed by atoms with Crippen molar-refractivity contribution < 1.29 is 4.52 Å². The minimum Gasteiger partial charge on any atom is -0.396 e. The second-order valence-corrected chi connectivity index (χ2v) is 2.51. The third-order valence-electron chi connectivity index (χ3n) is 1.54. The largest absolute Gasteiger partial charge is 0.396 e. The molecule has 0 fully saturated rings. The van der Waals surface area contributed by atoms with Gasteiger partial charge in [-0.25, -0.2) is 0 Å². The van der Waals surface area contributed by atoms with Gasteiger partial charge in [-0.15, -0.1) is 0 Å². The SMILES string of the molecule is Cc1cc(-c2n[nH]cc2N)no1. The number of H-pyrrole nitrogens is 1. The van der Waals surface area contributed by atoms with Crippen LogP contribution in [0.15, 0.2) is 16.8 Å². The third kappa shape index (κ3) is 0.952. The molecular weight excluding hydrogens is 156 g/mol. The molecule has 3 N–H and O–H groups in total. The molecule has 2 heterocycles. The van der Waals surface area contributed by atoms with Crippen LogP contribution < -0.4 is 5.73 Å². The zero-order chi connectivity index (χ0) is 8.55. The van der Waals surface area contributed by atoms with Crippen molar-refractivity contribution in [2.24, 2.45) is 0 Å². The number of hydrogen-bond donors (Lipinski definition) is 2. The summed E-state index contributed by atoms with van der Waals surface area (Å²) in [6.07, 6.45) is 1.61. The van der Waals surface area contributed by atoms with Gasteiger partial charge in [-0.05, 0) is 6.92 Å². The van der Waals surface area contributed by atoms with Crippen LogP contribution in [0.4, 0.5) is 5.69 Å². The molecule has 0 atom stereocenters. The van der Waals surface area contributed by atoms with Gasteiger partial charge in [-0.3, -0.25) is 5.10 Å². The summed E-state index contributed by atoms with van der Waals surface area (Å²) >= 11 is 0. The van der Waals surface area contributed by atoms with Crippen LogP contribution in [0.3, 0.4) is 0 Å². The lowest BCUT2D eigenvalue weighted by Crippen LogP contribution is -1.85. The maximum absolute atomic E-state index is 5.61. The highest BCUT2D eigenvalue weighted by Gasteiger charge is 2.09. The number of aromatic amines is 1. The molecule has 0 unspecified atom stereocenters. The van der Waals surface area contributed by atoms with Crippen LogP contribution in [-0.4, -0.2) is 15.4 Å². The van der Waals surface area contributed by atoms with Crippen LogP contribution in [0.2, 0.25) is 0 Å². The second-order valence-electron chi connectivity index (χ2n) is 2.51. The van der Waals surface area contributed by atoms with Crippen LogP contribution in [-0.2, 0) is 0 Å². The number of aromatic nitrogens is 3. The standard InChI is InChI=1S/C7H8N4O/c1-4-2-6(11-12-4)7-5(8)3-9-10-7/h2-3H,8H2,1H3,(H,9,10). The van der Waals surface area contributed by atoms with Crippen molar-refractivity contribution in [3.05, 3.63) is 18.0 Å². The Hall–Kier alpha value is -1.78. The first kappa shape index (κ1) is 6.90. The lowest BCUT2D eigenvalue weighted by Gasteiger charge is -1.87. The van der Waals surface area contributed by atoms with Crippen molar-refractivity contribution in [2.45, 2.75) is 6.92 Å². The number of anilines is 1. The smallest absolute Gasteiger partial charge is 0.137 e. The van der Waals surface area contributed by atoms with E-state index in [4.69, 9.17) is 10.3 Å². The molecule has 0 aliphatic rings. The molecule has 0 aliphatic carbocycles. The number of nitrogens with one attached hydrogen (secondary N) is 1. The van der Waals surface area contributed by atoms with Crippen LogP contribution in [0.1, 0.15) is 5.76 Å². The summed E-state index contributed by atoms with van der Waals surface area (Å²) in [6, 6.07) is 1.78. The van der Waals surface area contributed by atoms with Gasteiger partial charge in [0.2, 0.25) is 0 Å². The van der Waals surface area contributed by atoms with E-state index in [9.17, 15) is 0 Å². The molecule has 2 aromatic heterocycles. The zero-order valence-corrected chi connectivity index (χ0v) is 6.53. The van der Waals surface area contributed by atoms with Gasteiger partial charge in [0.1, 0.15) is 17.1 Å². The molecule has 0 aromatic carbocycles. The Balaban J connectivity index is 2.50. The van der Waals surface area contributed by atoms with Gasteiger partial charge >= 0.3 is 0 Å². The Bertz CT molecular complexity index is 390. The first-order chi connectivity index (χ1) is 5.77. The van der Waals surface area contributed by atoms with Gasteiger partial charge in [-0.1, -0.05) is 5.16 Å². The summed E-state index contributed by atoms with van der Waals surface area (Å²) in [5.74, 6) is 0.743. The first-order valence-electron chi connectivity index (χ1n) is 3.50. The zero-order valence-electron chi connectivity index (χ0n) is 6.53. The molecule has 5 heteroatoms. The topological polar surface area (TPSA) is 80.7 Å². The van der Waals surface area contributed by atoms with Crippen molar-refractivity contribution in [3.8, 4) is 11.4 Å². The van der Waals surface area contributed by atoms with Crippen molar-refractivity contribution >= 4 is 5.69 Å². The monoisotopic (exact) mass is 164 g/mol. The normalized spacial score (nSPS) is 10.4. The van der Waals surface area contributed by atoms with Crippen molar-refractivity contribution in [1.29, 1.82) is 0 Å². The fourth-order valence-electron chi connectivity index (χ4n) is 0.982. The fourth-order valence-corrected chi connectivity index (χ4v) is 0.982. The quantitative estimate of drug-likeness (QED) is 0.657. The Morgan fingerprint density at radius 3 is 2.92 bits per heavy atom. The number of hydrogen-bond acceptors (Lipinski definition) is 4. The molecule has 2 rings (SSSR count). The van der Waals surface area contributed by atoms with E-state index in [-0.39, 0.29) is 0 Å². The average Bonchev–Trinajstić information content (AvgIpc) is 2.58. The summed E-state index contributed by atoms with van der Waals surface area (Å²) in [5.41, 5.74) is 7.47. The molecule has 2 aromatic rings. The van der Waals surface area contributed by atoms with E-state index >= 15 is 0 Å². The minimum absolute atomic E-state index is 0.573. The number of nitrogens with zero attached hydrogens (tertiary/aromatic N) is 2. The van der Waals surface area contributed by atoms with E-state index in [0.29, 0.717) is 17.1 Å². The van der Waals surface area contributed by atoms with Crippen LogP contribution in [0.25, 0.3) is 11.4 Å². The lowest BCUT2D eigenvalue weighted by molar-refractivity contribution is 0.399.